The molecule has 0 N–H and O–H groups in total. The SMILES string of the molecule is Cc1cnn2c(Cl)cc(C(C)C3CC3)nc12. The lowest BCUT2D eigenvalue weighted by atomic mass is 10.0. The monoisotopic (exact) mass is 235 g/mol. The van der Waals surface area contributed by atoms with Gasteiger partial charge in [0, 0.05) is 17.2 Å². The molecule has 4 heteroatoms. The van der Waals surface area contributed by atoms with Crippen LogP contribution in [0, 0.1) is 12.8 Å². The lowest BCUT2D eigenvalue weighted by Gasteiger charge is -2.10. The van der Waals surface area contributed by atoms with Gasteiger partial charge in [-0.1, -0.05) is 18.5 Å². The molecule has 84 valence electrons. The van der Waals surface area contributed by atoms with E-state index in [2.05, 4.69) is 17.0 Å². The van der Waals surface area contributed by atoms with Gasteiger partial charge in [0.1, 0.15) is 5.15 Å². The molecule has 3 rings (SSSR count). The second-order valence-electron chi connectivity index (χ2n) is 4.69. The highest BCUT2D eigenvalue weighted by Crippen LogP contribution is 2.42. The summed E-state index contributed by atoms with van der Waals surface area (Å²) >= 11 is 6.21. The molecule has 3 nitrogen and oxygen atoms in total. The molecular formula is C12H14ClN3. The Bertz CT molecular complexity index is 542. The van der Waals surface area contributed by atoms with Crippen molar-refractivity contribution >= 4 is 17.2 Å². The third kappa shape index (κ3) is 1.50. The molecule has 16 heavy (non-hydrogen) atoms. The van der Waals surface area contributed by atoms with E-state index in [0.29, 0.717) is 11.1 Å². The molecule has 1 fully saturated rings. The van der Waals surface area contributed by atoms with E-state index in [1.807, 2.05) is 13.0 Å². The Labute approximate surface area is 99.4 Å². The van der Waals surface area contributed by atoms with E-state index < -0.39 is 0 Å². The van der Waals surface area contributed by atoms with E-state index in [9.17, 15) is 0 Å². The zero-order valence-corrected chi connectivity index (χ0v) is 10.2. The summed E-state index contributed by atoms with van der Waals surface area (Å²) in [4.78, 5) is 4.67. The van der Waals surface area contributed by atoms with Crippen molar-refractivity contribution in [2.45, 2.75) is 32.6 Å². The van der Waals surface area contributed by atoms with Gasteiger partial charge in [-0.15, -0.1) is 0 Å². The van der Waals surface area contributed by atoms with Gasteiger partial charge in [-0.05, 0) is 31.7 Å². The fourth-order valence-electron chi connectivity index (χ4n) is 2.12. The molecule has 1 aliphatic rings. The van der Waals surface area contributed by atoms with Crippen LogP contribution in [0.3, 0.4) is 0 Å². The first-order chi connectivity index (χ1) is 7.66. The molecule has 0 saturated heterocycles. The molecule has 0 radical (unpaired) electrons. The molecule has 2 aromatic rings. The van der Waals surface area contributed by atoms with Crippen molar-refractivity contribution < 1.29 is 0 Å². The van der Waals surface area contributed by atoms with Gasteiger partial charge in [-0.3, -0.25) is 0 Å². The number of rotatable bonds is 2. The van der Waals surface area contributed by atoms with E-state index in [4.69, 9.17) is 11.6 Å². The zero-order chi connectivity index (χ0) is 11.3. The number of halogens is 1. The van der Waals surface area contributed by atoms with Crippen LogP contribution in [0.2, 0.25) is 5.15 Å². The average molecular weight is 236 g/mol. The van der Waals surface area contributed by atoms with Gasteiger partial charge in [0.05, 0.1) is 6.20 Å². The van der Waals surface area contributed by atoms with E-state index in [1.165, 1.54) is 12.8 Å². The summed E-state index contributed by atoms with van der Waals surface area (Å²) in [5, 5.41) is 4.85. The van der Waals surface area contributed by atoms with Crippen molar-refractivity contribution in [3.8, 4) is 0 Å². The number of nitrogens with zero attached hydrogens (tertiary/aromatic N) is 3. The Morgan fingerprint density at radius 2 is 2.25 bits per heavy atom. The smallest absolute Gasteiger partial charge is 0.159 e. The van der Waals surface area contributed by atoms with Crippen LogP contribution in [0.15, 0.2) is 12.3 Å². The standard InChI is InChI=1S/C12H14ClN3/c1-7-6-14-16-11(13)5-10(15-12(7)16)8(2)9-3-4-9/h5-6,8-9H,3-4H2,1-2H3. The lowest BCUT2D eigenvalue weighted by Crippen LogP contribution is -2.03. The maximum atomic E-state index is 6.21. The van der Waals surface area contributed by atoms with E-state index in [-0.39, 0.29) is 0 Å². The highest BCUT2D eigenvalue weighted by molar-refractivity contribution is 6.29. The zero-order valence-electron chi connectivity index (χ0n) is 9.44. The molecule has 0 amide bonds. The summed E-state index contributed by atoms with van der Waals surface area (Å²) in [7, 11) is 0. The molecule has 0 aliphatic heterocycles. The quantitative estimate of drug-likeness (QED) is 0.749. The number of fused-ring (bicyclic) bond motifs is 1. The van der Waals surface area contributed by atoms with E-state index in [0.717, 1.165) is 22.8 Å². The molecular weight excluding hydrogens is 222 g/mol. The highest BCUT2D eigenvalue weighted by atomic mass is 35.5. The molecule has 0 spiro atoms. The largest absolute Gasteiger partial charge is 0.233 e. The maximum Gasteiger partial charge on any atom is 0.159 e. The third-order valence-electron chi connectivity index (χ3n) is 3.42. The molecule has 2 aromatic heterocycles. The average Bonchev–Trinajstić information content (AvgIpc) is 3.04. The van der Waals surface area contributed by atoms with Crippen molar-refractivity contribution in [1.82, 2.24) is 14.6 Å². The minimum absolute atomic E-state index is 0.511. The van der Waals surface area contributed by atoms with Crippen molar-refractivity contribution in [3.05, 3.63) is 28.7 Å². The van der Waals surface area contributed by atoms with Gasteiger partial charge in [0.2, 0.25) is 0 Å². The van der Waals surface area contributed by atoms with Crippen LogP contribution in [0.5, 0.6) is 0 Å². The Hall–Kier alpha value is -1.09. The van der Waals surface area contributed by atoms with Crippen LogP contribution < -0.4 is 0 Å². The number of hydrogen-bond donors (Lipinski definition) is 0. The predicted molar refractivity (Wildman–Crippen MR) is 63.9 cm³/mol. The summed E-state index contributed by atoms with van der Waals surface area (Å²) in [5.74, 6) is 1.31. The lowest BCUT2D eigenvalue weighted by molar-refractivity contribution is 0.642. The van der Waals surface area contributed by atoms with Gasteiger partial charge in [0.25, 0.3) is 0 Å². The van der Waals surface area contributed by atoms with Crippen molar-refractivity contribution in [2.75, 3.05) is 0 Å². The van der Waals surface area contributed by atoms with Gasteiger partial charge < -0.3 is 0 Å². The van der Waals surface area contributed by atoms with Crippen LogP contribution in [-0.2, 0) is 0 Å². The van der Waals surface area contributed by atoms with Crippen LogP contribution in [0.25, 0.3) is 5.65 Å². The minimum atomic E-state index is 0.511. The van der Waals surface area contributed by atoms with Crippen LogP contribution in [-0.4, -0.2) is 14.6 Å². The van der Waals surface area contributed by atoms with Crippen LogP contribution in [0.4, 0.5) is 0 Å². The van der Waals surface area contributed by atoms with Crippen LogP contribution in [0.1, 0.15) is 36.9 Å². The van der Waals surface area contributed by atoms with Gasteiger partial charge in [-0.25, -0.2) is 9.50 Å². The Kier molecular flexibility index (Phi) is 2.18. The minimum Gasteiger partial charge on any atom is -0.233 e. The summed E-state index contributed by atoms with van der Waals surface area (Å²) in [6.07, 6.45) is 4.45. The third-order valence-corrected chi connectivity index (χ3v) is 3.69. The first-order valence-corrected chi connectivity index (χ1v) is 6.05. The van der Waals surface area contributed by atoms with E-state index in [1.54, 1.807) is 10.7 Å². The molecule has 2 heterocycles. The molecule has 0 aromatic carbocycles. The topological polar surface area (TPSA) is 30.2 Å². The van der Waals surface area contributed by atoms with Gasteiger partial charge in [0.15, 0.2) is 5.65 Å². The second-order valence-corrected chi connectivity index (χ2v) is 5.08. The molecule has 1 saturated carbocycles. The normalized spacial score (nSPS) is 17.9. The Balaban J connectivity index is 2.15. The fourth-order valence-corrected chi connectivity index (χ4v) is 2.36. The van der Waals surface area contributed by atoms with Crippen molar-refractivity contribution in [1.29, 1.82) is 0 Å². The molecule has 1 unspecified atom stereocenters. The van der Waals surface area contributed by atoms with E-state index >= 15 is 0 Å². The summed E-state index contributed by atoms with van der Waals surface area (Å²) in [5.41, 5.74) is 3.06. The highest BCUT2D eigenvalue weighted by Gasteiger charge is 2.30. The fraction of sp³-hybridized carbons (Fsp3) is 0.500. The predicted octanol–water partition coefficient (Wildman–Crippen LogP) is 3.20. The van der Waals surface area contributed by atoms with Gasteiger partial charge >= 0.3 is 0 Å². The number of hydrogen-bond acceptors (Lipinski definition) is 2. The van der Waals surface area contributed by atoms with Crippen molar-refractivity contribution in [2.24, 2.45) is 5.92 Å². The summed E-state index contributed by atoms with van der Waals surface area (Å²) in [6.45, 7) is 4.25. The number of aryl methyl sites for hydroxylation is 1. The van der Waals surface area contributed by atoms with Crippen molar-refractivity contribution in [3.63, 3.8) is 0 Å². The first kappa shape index (κ1) is 10.1. The number of aromatic nitrogens is 3. The summed E-state index contributed by atoms with van der Waals surface area (Å²) in [6, 6.07) is 1.95. The second kappa shape index (κ2) is 3.45. The molecule has 1 aliphatic carbocycles. The maximum absolute atomic E-state index is 6.21. The Morgan fingerprint density at radius 3 is 2.94 bits per heavy atom. The molecule has 0 bridgehead atoms. The molecule has 1 atom stereocenters. The summed E-state index contributed by atoms with van der Waals surface area (Å²) < 4.78 is 1.69. The first-order valence-electron chi connectivity index (χ1n) is 5.67. The van der Waals surface area contributed by atoms with Gasteiger partial charge in [-0.2, -0.15) is 5.10 Å². The van der Waals surface area contributed by atoms with Crippen LogP contribution >= 0.6 is 11.6 Å². The Morgan fingerprint density at radius 1 is 1.50 bits per heavy atom.